The molecule has 41 heavy (non-hydrogen) atoms. The topological polar surface area (TPSA) is 99.4 Å². The molecule has 0 saturated heterocycles. The molecular formula is C34H42N4O3. The first-order chi connectivity index (χ1) is 19.4. The number of β-amino-alcohol motifs (C(OH)–C–C–N with tert-alkyl or cyclic N) is 1. The van der Waals surface area contributed by atoms with Gasteiger partial charge in [0.15, 0.2) is 0 Å². The fourth-order valence-corrected chi connectivity index (χ4v) is 5.19. The zero-order valence-electron chi connectivity index (χ0n) is 25.0. The van der Waals surface area contributed by atoms with Gasteiger partial charge in [-0.05, 0) is 113 Å². The van der Waals surface area contributed by atoms with Gasteiger partial charge in [0.1, 0.15) is 11.6 Å². The van der Waals surface area contributed by atoms with Gasteiger partial charge in [-0.15, -0.1) is 0 Å². The molecule has 7 nitrogen and oxygen atoms in total. The van der Waals surface area contributed by atoms with Crippen molar-refractivity contribution >= 4 is 5.91 Å². The maximum absolute atomic E-state index is 12.9. The van der Waals surface area contributed by atoms with Crippen LogP contribution in [0.25, 0.3) is 5.82 Å². The largest absolute Gasteiger partial charge is 0.508 e. The number of hydrogen-bond donors (Lipinski definition) is 4. The lowest BCUT2D eigenvalue weighted by Crippen LogP contribution is -2.43. The van der Waals surface area contributed by atoms with E-state index in [1.54, 1.807) is 12.3 Å². The monoisotopic (exact) mass is 554 g/mol. The summed E-state index contributed by atoms with van der Waals surface area (Å²) in [5, 5.41) is 27.2. The van der Waals surface area contributed by atoms with E-state index in [2.05, 4.69) is 46.2 Å². The average Bonchev–Trinajstić information content (AvgIpc) is 3.29. The molecule has 0 bridgehead atoms. The summed E-state index contributed by atoms with van der Waals surface area (Å²) < 4.78 is 2.09. The van der Waals surface area contributed by atoms with Crippen molar-refractivity contribution in [3.05, 3.63) is 112 Å². The molecule has 0 unspecified atom stereocenters. The number of benzene rings is 2. The maximum Gasteiger partial charge on any atom is 0.251 e. The Hall–Kier alpha value is -3.94. The maximum atomic E-state index is 12.9. The van der Waals surface area contributed by atoms with Gasteiger partial charge in [0.2, 0.25) is 0 Å². The molecule has 1 amide bonds. The number of aromatic hydroxyl groups is 1. The van der Waals surface area contributed by atoms with E-state index in [9.17, 15) is 15.0 Å². The van der Waals surface area contributed by atoms with E-state index in [1.165, 1.54) is 0 Å². The number of pyridine rings is 1. The van der Waals surface area contributed by atoms with Gasteiger partial charge in [-0.3, -0.25) is 4.79 Å². The van der Waals surface area contributed by atoms with Crippen LogP contribution in [0.1, 0.15) is 69.5 Å². The Balaban J connectivity index is 1.30. The molecule has 0 aliphatic carbocycles. The summed E-state index contributed by atoms with van der Waals surface area (Å²) in [5.41, 5.74) is 7.39. The summed E-state index contributed by atoms with van der Waals surface area (Å²) >= 11 is 0. The minimum Gasteiger partial charge on any atom is -0.508 e. The molecule has 2 aromatic heterocycles. The van der Waals surface area contributed by atoms with Gasteiger partial charge < -0.3 is 25.4 Å². The first-order valence-corrected chi connectivity index (χ1v) is 14.1. The van der Waals surface area contributed by atoms with Crippen LogP contribution < -0.4 is 10.6 Å². The number of carbonyl (C=O) groups is 1. The highest BCUT2D eigenvalue weighted by atomic mass is 16.3. The molecule has 4 N–H and O–H groups in total. The molecule has 0 saturated carbocycles. The van der Waals surface area contributed by atoms with Gasteiger partial charge in [-0.2, -0.15) is 0 Å². The highest BCUT2D eigenvalue weighted by molar-refractivity contribution is 5.94. The summed E-state index contributed by atoms with van der Waals surface area (Å²) in [6.07, 6.45) is 2.43. The number of nitrogens with zero attached hydrogens (tertiary/aromatic N) is 2. The highest BCUT2D eigenvalue weighted by Gasteiger charge is 2.21. The lowest BCUT2D eigenvalue weighted by atomic mass is 9.93. The fraction of sp³-hybridized carbons (Fsp3) is 0.353. The Bertz CT molecular complexity index is 1490. The molecule has 216 valence electrons. The number of amides is 1. The molecule has 0 aliphatic heterocycles. The summed E-state index contributed by atoms with van der Waals surface area (Å²) in [7, 11) is 0. The van der Waals surface area contributed by atoms with Crippen LogP contribution in [-0.2, 0) is 12.8 Å². The first-order valence-electron chi connectivity index (χ1n) is 14.1. The predicted octanol–water partition coefficient (Wildman–Crippen LogP) is 5.43. The minimum atomic E-state index is -0.694. The third kappa shape index (κ3) is 7.43. The number of hydrogen-bond acceptors (Lipinski definition) is 5. The Morgan fingerprint density at radius 2 is 1.71 bits per heavy atom. The van der Waals surface area contributed by atoms with E-state index >= 15 is 0 Å². The molecule has 4 aromatic rings. The summed E-state index contributed by atoms with van der Waals surface area (Å²) in [6.45, 7) is 13.1. The van der Waals surface area contributed by atoms with E-state index in [1.807, 2.05) is 70.2 Å². The summed E-state index contributed by atoms with van der Waals surface area (Å²) in [5.74, 6) is 1.02. The van der Waals surface area contributed by atoms with Gasteiger partial charge in [0, 0.05) is 47.3 Å². The molecule has 2 aromatic carbocycles. The van der Waals surface area contributed by atoms with Gasteiger partial charge in [0.05, 0.1) is 6.10 Å². The number of aliphatic hydroxyl groups excluding tert-OH is 1. The van der Waals surface area contributed by atoms with Crippen molar-refractivity contribution in [2.75, 3.05) is 13.1 Å². The molecule has 0 radical (unpaired) electrons. The van der Waals surface area contributed by atoms with Gasteiger partial charge >= 0.3 is 0 Å². The molecule has 7 heteroatoms. The van der Waals surface area contributed by atoms with Crippen molar-refractivity contribution in [2.24, 2.45) is 0 Å². The van der Waals surface area contributed by atoms with E-state index in [0.29, 0.717) is 37.2 Å². The van der Waals surface area contributed by atoms with Crippen LogP contribution in [0.5, 0.6) is 5.75 Å². The number of phenolic OH excluding ortho intramolecular Hbond substituents is 1. The third-order valence-electron chi connectivity index (χ3n) is 7.82. The van der Waals surface area contributed by atoms with Crippen molar-refractivity contribution in [3.63, 3.8) is 0 Å². The molecule has 0 spiro atoms. The van der Waals surface area contributed by atoms with Crippen LogP contribution in [0.15, 0.2) is 66.9 Å². The Labute approximate surface area is 243 Å². The standard InChI is InChI=1S/C34H42N4O3/c1-22-10-11-23(2)38(22)32-15-13-29(20-36-32)31(40)21-37-34(5,6)19-26-8-7-9-28(18-26)33(41)35-17-16-27-12-14-30(39)25(4)24(27)3/h7-15,18,20,31,37,39-40H,16-17,19,21H2,1-6H3,(H,35,41)/t31-/m1/s1. The minimum absolute atomic E-state index is 0.109. The van der Waals surface area contributed by atoms with Crippen LogP contribution in [0.3, 0.4) is 0 Å². The van der Waals surface area contributed by atoms with Crippen molar-refractivity contribution in [3.8, 4) is 11.6 Å². The van der Waals surface area contributed by atoms with Crippen LogP contribution >= 0.6 is 0 Å². The Morgan fingerprint density at radius 1 is 0.976 bits per heavy atom. The molecule has 0 aliphatic rings. The molecule has 2 heterocycles. The van der Waals surface area contributed by atoms with Gasteiger partial charge in [-0.25, -0.2) is 4.98 Å². The van der Waals surface area contributed by atoms with E-state index in [0.717, 1.165) is 45.0 Å². The molecule has 0 fully saturated rings. The van der Waals surface area contributed by atoms with E-state index in [4.69, 9.17) is 0 Å². The SMILES string of the molecule is Cc1c(O)ccc(CCNC(=O)c2cccc(CC(C)(C)NC[C@@H](O)c3ccc(-n4c(C)ccc4C)nc3)c2)c1C. The average molecular weight is 555 g/mol. The zero-order valence-corrected chi connectivity index (χ0v) is 25.0. The van der Waals surface area contributed by atoms with E-state index in [-0.39, 0.29) is 11.4 Å². The predicted molar refractivity (Wildman–Crippen MR) is 164 cm³/mol. The third-order valence-corrected chi connectivity index (χ3v) is 7.82. The second-order valence-electron chi connectivity index (χ2n) is 11.6. The molecule has 1 atom stereocenters. The second kappa shape index (κ2) is 12.7. The number of carbonyl (C=O) groups excluding carboxylic acids is 1. The lowest BCUT2D eigenvalue weighted by molar-refractivity contribution is 0.0954. The summed E-state index contributed by atoms with van der Waals surface area (Å²) in [4.78, 5) is 17.4. The van der Waals surface area contributed by atoms with Crippen LogP contribution in [0, 0.1) is 27.7 Å². The quantitative estimate of drug-likeness (QED) is 0.198. The zero-order chi connectivity index (χ0) is 29.7. The summed E-state index contributed by atoms with van der Waals surface area (Å²) in [6, 6.07) is 19.3. The normalized spacial score (nSPS) is 12.4. The van der Waals surface area contributed by atoms with Crippen LogP contribution in [0.2, 0.25) is 0 Å². The Kier molecular flexibility index (Phi) is 9.31. The number of nitrogens with one attached hydrogen (secondary N) is 2. The number of phenols is 1. The fourth-order valence-electron chi connectivity index (χ4n) is 5.19. The van der Waals surface area contributed by atoms with Crippen LogP contribution in [0.4, 0.5) is 0 Å². The number of aromatic nitrogens is 2. The van der Waals surface area contributed by atoms with Gasteiger partial charge in [0.25, 0.3) is 5.91 Å². The van der Waals surface area contributed by atoms with Crippen molar-refractivity contribution in [1.29, 1.82) is 0 Å². The number of aryl methyl sites for hydroxylation is 2. The van der Waals surface area contributed by atoms with Crippen molar-refractivity contribution < 1.29 is 15.0 Å². The lowest BCUT2D eigenvalue weighted by Gasteiger charge is -2.28. The second-order valence-corrected chi connectivity index (χ2v) is 11.6. The smallest absolute Gasteiger partial charge is 0.251 e. The van der Waals surface area contributed by atoms with Crippen molar-refractivity contribution in [2.45, 2.75) is 66.0 Å². The Morgan fingerprint density at radius 3 is 2.39 bits per heavy atom. The van der Waals surface area contributed by atoms with Gasteiger partial charge in [-0.1, -0.05) is 24.3 Å². The van der Waals surface area contributed by atoms with Crippen molar-refractivity contribution in [1.82, 2.24) is 20.2 Å². The first kappa shape index (κ1) is 30.0. The highest BCUT2D eigenvalue weighted by Crippen LogP contribution is 2.23. The van der Waals surface area contributed by atoms with E-state index < -0.39 is 6.10 Å². The molecule has 4 rings (SSSR count). The number of aliphatic hydroxyl groups is 1. The number of rotatable bonds is 11. The molecular weight excluding hydrogens is 512 g/mol. The van der Waals surface area contributed by atoms with Crippen LogP contribution in [-0.4, -0.2) is 44.3 Å².